The lowest BCUT2D eigenvalue weighted by Gasteiger charge is -2.25. The molecule has 2 nitrogen and oxygen atoms in total. The highest BCUT2D eigenvalue weighted by Crippen LogP contribution is 2.40. The van der Waals surface area contributed by atoms with Crippen molar-refractivity contribution in [1.82, 2.24) is 0 Å². The van der Waals surface area contributed by atoms with Crippen molar-refractivity contribution in [3.8, 4) is 5.75 Å². The minimum atomic E-state index is -0.275. The normalized spacial score (nSPS) is 16.2. The van der Waals surface area contributed by atoms with E-state index in [1.54, 1.807) is 0 Å². The van der Waals surface area contributed by atoms with Gasteiger partial charge in [-0.1, -0.05) is 48.5 Å². The molecule has 0 spiro atoms. The van der Waals surface area contributed by atoms with Gasteiger partial charge in [-0.2, -0.15) is 0 Å². The van der Waals surface area contributed by atoms with Crippen molar-refractivity contribution in [3.63, 3.8) is 0 Å². The Morgan fingerprint density at radius 3 is 2.62 bits per heavy atom. The van der Waals surface area contributed by atoms with Gasteiger partial charge in [0.15, 0.2) is 0 Å². The molecule has 1 atom stereocenters. The second kappa shape index (κ2) is 5.64. The summed E-state index contributed by atoms with van der Waals surface area (Å²) in [6.45, 7) is 4.07. The summed E-state index contributed by atoms with van der Waals surface area (Å²) in [5.41, 5.74) is 4.22. The molecule has 0 aliphatic carbocycles. The monoisotopic (exact) mass is 314 g/mol. The molecule has 0 fully saturated rings. The lowest BCUT2D eigenvalue weighted by molar-refractivity contribution is -0.108. The topological polar surface area (TPSA) is 26.3 Å². The number of carbonyl (C=O) groups is 1. The molecule has 0 amide bonds. The van der Waals surface area contributed by atoms with Crippen LogP contribution in [0.15, 0.2) is 60.7 Å². The Kier molecular flexibility index (Phi) is 3.46. The van der Waals surface area contributed by atoms with Crippen molar-refractivity contribution in [3.05, 3.63) is 82.9 Å². The van der Waals surface area contributed by atoms with Crippen LogP contribution < -0.4 is 4.74 Å². The molecule has 2 heteroatoms. The summed E-state index contributed by atoms with van der Waals surface area (Å²) in [7, 11) is 0. The van der Waals surface area contributed by atoms with E-state index in [4.69, 9.17) is 4.74 Å². The van der Waals surface area contributed by atoms with Crippen molar-refractivity contribution in [2.45, 2.75) is 19.8 Å². The quantitative estimate of drug-likeness (QED) is 0.610. The second-order valence-electron chi connectivity index (χ2n) is 6.32. The van der Waals surface area contributed by atoms with Crippen LogP contribution in [0.2, 0.25) is 0 Å². The van der Waals surface area contributed by atoms with Gasteiger partial charge in [-0.3, -0.25) is 0 Å². The summed E-state index contributed by atoms with van der Waals surface area (Å²) >= 11 is 0. The first-order valence-corrected chi connectivity index (χ1v) is 8.11. The Hall–Kier alpha value is -2.87. The summed E-state index contributed by atoms with van der Waals surface area (Å²) in [5, 5.41) is 2.29. The number of fused-ring (bicyclic) bond motifs is 2. The van der Waals surface area contributed by atoms with Crippen molar-refractivity contribution in [1.29, 1.82) is 0 Å². The third-order valence-electron chi connectivity index (χ3n) is 4.58. The highest BCUT2D eigenvalue weighted by molar-refractivity contribution is 5.94. The number of allylic oxidation sites excluding steroid dienone is 1. The SMILES string of the molecule is Cc1cc(C)c2c(c1)OC(c1cccc3ccccc13)=CC2C=O. The maximum Gasteiger partial charge on any atom is 0.132 e. The minimum Gasteiger partial charge on any atom is -0.457 e. The number of rotatable bonds is 2. The standard InChI is InChI=1S/C22H18O2/c1-14-10-15(2)22-17(13-23)12-20(24-21(22)11-14)19-9-5-7-16-6-3-4-8-18(16)19/h3-13,17H,1-2H3. The third kappa shape index (κ3) is 2.31. The highest BCUT2D eigenvalue weighted by Gasteiger charge is 2.25. The summed E-state index contributed by atoms with van der Waals surface area (Å²) in [4.78, 5) is 11.7. The summed E-state index contributed by atoms with van der Waals surface area (Å²) in [5.74, 6) is 1.26. The van der Waals surface area contributed by atoms with E-state index in [2.05, 4.69) is 24.3 Å². The van der Waals surface area contributed by atoms with Crippen LogP contribution >= 0.6 is 0 Å². The summed E-state index contributed by atoms with van der Waals surface area (Å²) < 4.78 is 6.22. The van der Waals surface area contributed by atoms with E-state index in [-0.39, 0.29) is 5.92 Å². The minimum absolute atomic E-state index is 0.275. The summed E-state index contributed by atoms with van der Waals surface area (Å²) in [6.07, 6.45) is 2.92. The molecule has 0 saturated heterocycles. The smallest absolute Gasteiger partial charge is 0.132 e. The van der Waals surface area contributed by atoms with Crippen molar-refractivity contribution < 1.29 is 9.53 Å². The molecule has 0 radical (unpaired) electrons. The molecule has 3 aromatic rings. The lowest BCUT2D eigenvalue weighted by Crippen LogP contribution is -2.12. The zero-order valence-corrected chi connectivity index (χ0v) is 13.7. The molecule has 1 unspecified atom stereocenters. The predicted octanol–water partition coefficient (Wildman–Crippen LogP) is 5.17. The Balaban J connectivity index is 1.91. The van der Waals surface area contributed by atoms with Gasteiger partial charge in [0.1, 0.15) is 17.8 Å². The predicted molar refractivity (Wildman–Crippen MR) is 97.3 cm³/mol. The van der Waals surface area contributed by atoms with Gasteiger partial charge in [0.2, 0.25) is 0 Å². The number of aryl methyl sites for hydroxylation is 2. The van der Waals surface area contributed by atoms with Crippen LogP contribution in [0, 0.1) is 13.8 Å². The van der Waals surface area contributed by atoms with Crippen molar-refractivity contribution in [2.24, 2.45) is 0 Å². The Morgan fingerprint density at radius 2 is 1.79 bits per heavy atom. The number of ether oxygens (including phenoxy) is 1. The van der Waals surface area contributed by atoms with Gasteiger partial charge in [-0.05, 0) is 47.9 Å². The van der Waals surface area contributed by atoms with Crippen LogP contribution in [0.5, 0.6) is 5.75 Å². The molecule has 118 valence electrons. The fraction of sp³-hybridized carbons (Fsp3) is 0.136. The average Bonchev–Trinajstić information content (AvgIpc) is 2.59. The zero-order chi connectivity index (χ0) is 16.7. The molecule has 0 bridgehead atoms. The van der Waals surface area contributed by atoms with Crippen LogP contribution in [0.25, 0.3) is 16.5 Å². The van der Waals surface area contributed by atoms with E-state index >= 15 is 0 Å². The largest absolute Gasteiger partial charge is 0.457 e. The van der Waals surface area contributed by atoms with Gasteiger partial charge >= 0.3 is 0 Å². The molecular weight excluding hydrogens is 296 g/mol. The highest BCUT2D eigenvalue weighted by atomic mass is 16.5. The van der Waals surface area contributed by atoms with Gasteiger partial charge in [-0.25, -0.2) is 0 Å². The molecule has 0 aromatic heterocycles. The van der Waals surface area contributed by atoms with E-state index in [0.717, 1.165) is 50.8 Å². The number of hydrogen-bond donors (Lipinski definition) is 0. The zero-order valence-electron chi connectivity index (χ0n) is 13.7. The number of benzene rings is 3. The van der Waals surface area contributed by atoms with Crippen molar-refractivity contribution in [2.75, 3.05) is 0 Å². The first kappa shape index (κ1) is 14.7. The van der Waals surface area contributed by atoms with Gasteiger partial charge in [0, 0.05) is 11.1 Å². The van der Waals surface area contributed by atoms with Gasteiger partial charge < -0.3 is 9.53 Å². The van der Waals surface area contributed by atoms with E-state index in [9.17, 15) is 4.79 Å². The van der Waals surface area contributed by atoms with E-state index in [0.29, 0.717) is 0 Å². The van der Waals surface area contributed by atoms with Gasteiger partial charge in [0.05, 0.1) is 5.92 Å². The fourth-order valence-corrected chi connectivity index (χ4v) is 3.54. The molecule has 1 aliphatic rings. The fourth-order valence-electron chi connectivity index (χ4n) is 3.54. The Labute approximate surface area is 141 Å². The number of carbonyl (C=O) groups excluding carboxylic acids is 1. The number of aldehydes is 1. The second-order valence-corrected chi connectivity index (χ2v) is 6.32. The van der Waals surface area contributed by atoms with Crippen LogP contribution in [-0.2, 0) is 4.79 Å². The molecule has 1 aliphatic heterocycles. The molecule has 0 N–H and O–H groups in total. The molecule has 1 heterocycles. The maximum absolute atomic E-state index is 11.7. The van der Waals surface area contributed by atoms with E-state index in [1.165, 1.54) is 0 Å². The van der Waals surface area contributed by atoms with E-state index in [1.807, 2.05) is 50.3 Å². The third-order valence-corrected chi connectivity index (χ3v) is 4.58. The lowest BCUT2D eigenvalue weighted by atomic mass is 9.89. The Morgan fingerprint density at radius 1 is 1.00 bits per heavy atom. The number of hydrogen-bond acceptors (Lipinski definition) is 2. The van der Waals surface area contributed by atoms with Gasteiger partial charge in [0.25, 0.3) is 0 Å². The van der Waals surface area contributed by atoms with Gasteiger partial charge in [-0.15, -0.1) is 0 Å². The molecule has 4 rings (SSSR count). The molecule has 24 heavy (non-hydrogen) atoms. The van der Waals surface area contributed by atoms with Crippen LogP contribution in [-0.4, -0.2) is 6.29 Å². The molecular formula is C22H18O2. The molecule has 0 saturated carbocycles. The maximum atomic E-state index is 11.7. The van der Waals surface area contributed by atoms with E-state index < -0.39 is 0 Å². The van der Waals surface area contributed by atoms with Crippen LogP contribution in [0.1, 0.15) is 28.2 Å². The van der Waals surface area contributed by atoms with Crippen molar-refractivity contribution >= 4 is 22.8 Å². The summed E-state index contributed by atoms with van der Waals surface area (Å²) in [6, 6.07) is 18.5. The van der Waals surface area contributed by atoms with Crippen LogP contribution in [0.4, 0.5) is 0 Å². The average molecular weight is 314 g/mol. The molecule has 3 aromatic carbocycles. The van der Waals surface area contributed by atoms with Crippen LogP contribution in [0.3, 0.4) is 0 Å². The first-order chi connectivity index (χ1) is 11.7. The Bertz CT molecular complexity index is 977. The first-order valence-electron chi connectivity index (χ1n) is 8.11.